The van der Waals surface area contributed by atoms with E-state index in [2.05, 4.69) is 0 Å². The van der Waals surface area contributed by atoms with Gasteiger partial charge in [0.05, 0.1) is 24.4 Å². The number of rotatable bonds is 7. The normalized spacial score (nSPS) is 20.9. The van der Waals surface area contributed by atoms with E-state index < -0.39 is 17.7 Å². The van der Waals surface area contributed by atoms with Crippen LogP contribution < -0.4 is 9.47 Å². The van der Waals surface area contributed by atoms with Gasteiger partial charge in [0, 0.05) is 12.1 Å². The summed E-state index contributed by atoms with van der Waals surface area (Å²) in [5.74, 6) is 0.577. The average Bonchev–Trinajstić information content (AvgIpc) is 3.35. The molecule has 2 aromatic rings. The lowest BCUT2D eigenvalue weighted by molar-refractivity contribution is -0.142. The smallest absolute Gasteiger partial charge is 0.296 e. The van der Waals surface area contributed by atoms with Crippen molar-refractivity contribution in [3.8, 4) is 11.5 Å². The summed E-state index contributed by atoms with van der Waals surface area (Å²) in [4.78, 5) is 28.1. The highest BCUT2D eigenvalue weighted by atomic mass is 16.5. The summed E-state index contributed by atoms with van der Waals surface area (Å²) < 4.78 is 17.2. The van der Waals surface area contributed by atoms with Crippen molar-refractivity contribution in [2.75, 3.05) is 13.2 Å². The fourth-order valence-corrected chi connectivity index (χ4v) is 4.84. The highest BCUT2D eigenvalue weighted by molar-refractivity contribution is 6.46. The summed E-state index contributed by atoms with van der Waals surface area (Å²) >= 11 is 0. The molecule has 7 nitrogen and oxygen atoms in total. The Balaban J connectivity index is 1.86. The van der Waals surface area contributed by atoms with E-state index in [1.807, 2.05) is 20.8 Å². The van der Waals surface area contributed by atoms with E-state index in [0.29, 0.717) is 41.8 Å². The maximum absolute atomic E-state index is 13.3. The standard InChI is InChI=1S/C26H31NO6/c1-4-31-18-12-13-19(21(15-18)32-5-2)24(28)22-23(20-14-11-16(3)33-20)27(26(30)25(22)29)17-9-7-6-8-10-17/h11-15,17,23,28H,4-10H2,1-3H3/b24-22-. The number of Topliss-reactive ketones (excluding diaryl/α,β-unsaturated/α-hetero) is 1. The Morgan fingerprint density at radius 2 is 1.79 bits per heavy atom. The fourth-order valence-electron chi connectivity index (χ4n) is 4.84. The summed E-state index contributed by atoms with van der Waals surface area (Å²) in [5, 5.41) is 11.4. The zero-order chi connectivity index (χ0) is 23.5. The molecule has 1 N–H and O–H groups in total. The summed E-state index contributed by atoms with van der Waals surface area (Å²) in [7, 11) is 0. The van der Waals surface area contributed by atoms with Crippen molar-refractivity contribution in [1.29, 1.82) is 0 Å². The molecule has 1 aliphatic carbocycles. The van der Waals surface area contributed by atoms with Crippen LogP contribution in [0.5, 0.6) is 11.5 Å². The predicted molar refractivity (Wildman–Crippen MR) is 123 cm³/mol. The van der Waals surface area contributed by atoms with Crippen LogP contribution in [0.3, 0.4) is 0 Å². The third kappa shape index (κ3) is 4.36. The highest BCUT2D eigenvalue weighted by Crippen LogP contribution is 2.44. The van der Waals surface area contributed by atoms with Gasteiger partial charge in [0.15, 0.2) is 0 Å². The van der Waals surface area contributed by atoms with Crippen LogP contribution in [-0.2, 0) is 9.59 Å². The molecule has 0 spiro atoms. The molecule has 1 saturated heterocycles. The molecule has 2 aliphatic rings. The molecule has 4 rings (SSSR count). The lowest BCUT2D eigenvalue weighted by atomic mass is 9.92. The zero-order valence-corrected chi connectivity index (χ0v) is 19.4. The van der Waals surface area contributed by atoms with Crippen LogP contribution in [0, 0.1) is 6.92 Å². The summed E-state index contributed by atoms with van der Waals surface area (Å²) in [5.41, 5.74) is 0.375. The molecule has 0 radical (unpaired) electrons. The van der Waals surface area contributed by atoms with Crippen molar-refractivity contribution in [3.05, 3.63) is 53.0 Å². The average molecular weight is 454 g/mol. The first-order chi connectivity index (χ1) is 16.0. The first-order valence-electron chi connectivity index (χ1n) is 11.7. The van der Waals surface area contributed by atoms with Gasteiger partial charge in [-0.15, -0.1) is 0 Å². The molecule has 2 fully saturated rings. The molecule has 1 aromatic carbocycles. The summed E-state index contributed by atoms with van der Waals surface area (Å²) in [6, 6.07) is 7.79. The lowest BCUT2D eigenvalue weighted by Gasteiger charge is -2.34. The number of ether oxygens (including phenoxy) is 2. The maximum Gasteiger partial charge on any atom is 0.296 e. The van der Waals surface area contributed by atoms with Gasteiger partial charge >= 0.3 is 0 Å². The van der Waals surface area contributed by atoms with E-state index in [9.17, 15) is 14.7 Å². The minimum Gasteiger partial charge on any atom is -0.507 e. The first kappa shape index (κ1) is 23.0. The van der Waals surface area contributed by atoms with Crippen molar-refractivity contribution in [1.82, 2.24) is 4.90 Å². The molecule has 1 aromatic heterocycles. The second-order valence-corrected chi connectivity index (χ2v) is 8.47. The molecule has 1 atom stereocenters. The Morgan fingerprint density at radius 3 is 2.42 bits per heavy atom. The predicted octanol–water partition coefficient (Wildman–Crippen LogP) is 5.14. The maximum atomic E-state index is 13.3. The van der Waals surface area contributed by atoms with Gasteiger partial charge in [-0.05, 0) is 57.9 Å². The Labute approximate surface area is 194 Å². The van der Waals surface area contributed by atoms with Crippen molar-refractivity contribution in [3.63, 3.8) is 0 Å². The molecule has 1 saturated carbocycles. The quantitative estimate of drug-likeness (QED) is 0.355. The third-order valence-electron chi connectivity index (χ3n) is 6.30. The first-order valence-corrected chi connectivity index (χ1v) is 11.7. The monoisotopic (exact) mass is 453 g/mol. The number of carbonyl (C=O) groups is 2. The van der Waals surface area contributed by atoms with Gasteiger partial charge in [-0.2, -0.15) is 0 Å². The Kier molecular flexibility index (Phi) is 6.77. The van der Waals surface area contributed by atoms with Gasteiger partial charge in [-0.1, -0.05) is 19.3 Å². The Bertz CT molecular complexity index is 1060. The molecular weight excluding hydrogens is 422 g/mol. The van der Waals surface area contributed by atoms with E-state index in [-0.39, 0.29) is 17.4 Å². The van der Waals surface area contributed by atoms with E-state index in [4.69, 9.17) is 13.9 Å². The molecule has 176 valence electrons. The number of aliphatic hydroxyl groups is 1. The minimum atomic E-state index is -0.775. The Hall–Kier alpha value is -3.22. The molecule has 7 heteroatoms. The summed E-state index contributed by atoms with van der Waals surface area (Å²) in [6.07, 6.45) is 4.79. The van der Waals surface area contributed by atoms with E-state index in [1.54, 1.807) is 35.2 Å². The topological polar surface area (TPSA) is 89.2 Å². The number of aliphatic hydroxyl groups excluding tert-OH is 1. The van der Waals surface area contributed by atoms with Crippen LogP contribution in [0.2, 0.25) is 0 Å². The van der Waals surface area contributed by atoms with Crippen LogP contribution in [0.25, 0.3) is 5.76 Å². The van der Waals surface area contributed by atoms with Crippen LogP contribution in [0.15, 0.2) is 40.3 Å². The number of furan rings is 1. The van der Waals surface area contributed by atoms with E-state index in [0.717, 1.165) is 32.1 Å². The van der Waals surface area contributed by atoms with Gasteiger partial charge in [0.1, 0.15) is 34.8 Å². The molecule has 1 amide bonds. The number of likely N-dealkylation sites (tertiary alicyclic amines) is 1. The largest absolute Gasteiger partial charge is 0.507 e. The van der Waals surface area contributed by atoms with Gasteiger partial charge in [0.25, 0.3) is 11.7 Å². The lowest BCUT2D eigenvalue weighted by Crippen LogP contribution is -2.40. The van der Waals surface area contributed by atoms with Crippen LogP contribution in [0.4, 0.5) is 0 Å². The molecule has 2 heterocycles. The number of aryl methyl sites for hydroxylation is 1. The number of ketones is 1. The second-order valence-electron chi connectivity index (χ2n) is 8.47. The van der Waals surface area contributed by atoms with Crippen LogP contribution in [0.1, 0.15) is 69.1 Å². The number of amides is 1. The molecule has 1 aliphatic heterocycles. The van der Waals surface area contributed by atoms with Crippen molar-refractivity contribution >= 4 is 17.4 Å². The highest BCUT2D eigenvalue weighted by Gasteiger charge is 2.50. The summed E-state index contributed by atoms with van der Waals surface area (Å²) in [6.45, 7) is 6.39. The van der Waals surface area contributed by atoms with Gasteiger partial charge in [0.2, 0.25) is 0 Å². The number of carbonyl (C=O) groups excluding carboxylic acids is 2. The number of hydrogen-bond donors (Lipinski definition) is 1. The third-order valence-corrected chi connectivity index (χ3v) is 6.30. The van der Waals surface area contributed by atoms with Gasteiger partial charge in [-0.3, -0.25) is 9.59 Å². The van der Waals surface area contributed by atoms with Crippen LogP contribution in [-0.4, -0.2) is 41.0 Å². The van der Waals surface area contributed by atoms with Gasteiger partial charge < -0.3 is 23.9 Å². The zero-order valence-electron chi connectivity index (χ0n) is 19.4. The van der Waals surface area contributed by atoms with Crippen LogP contribution >= 0.6 is 0 Å². The fraction of sp³-hybridized carbons (Fsp3) is 0.462. The number of nitrogens with zero attached hydrogens (tertiary/aromatic N) is 1. The second kappa shape index (κ2) is 9.73. The molecule has 33 heavy (non-hydrogen) atoms. The molecule has 0 bridgehead atoms. The number of benzene rings is 1. The minimum absolute atomic E-state index is 0.0324. The number of hydrogen-bond acceptors (Lipinski definition) is 6. The van der Waals surface area contributed by atoms with Crippen molar-refractivity contribution in [2.45, 2.75) is 65.0 Å². The van der Waals surface area contributed by atoms with Gasteiger partial charge in [-0.25, -0.2) is 0 Å². The molecule has 1 unspecified atom stereocenters. The van der Waals surface area contributed by atoms with Crippen molar-refractivity contribution < 1.29 is 28.6 Å². The SMILES string of the molecule is CCOc1ccc(/C(O)=C2/C(=O)C(=O)N(C3CCCCC3)C2c2ccc(C)o2)c(OCC)c1. The molecular formula is C26H31NO6. The van der Waals surface area contributed by atoms with E-state index >= 15 is 0 Å². The van der Waals surface area contributed by atoms with Crippen molar-refractivity contribution in [2.24, 2.45) is 0 Å². The van der Waals surface area contributed by atoms with E-state index in [1.165, 1.54) is 0 Å². The Morgan fingerprint density at radius 1 is 1.06 bits per heavy atom.